The largest absolute Gasteiger partial charge is 0.379 e. The van der Waals surface area contributed by atoms with Crippen LogP contribution in [-0.2, 0) is 19.1 Å². The number of allylic oxidation sites excluding steroid dienone is 2. The van der Waals surface area contributed by atoms with Crippen molar-refractivity contribution in [2.75, 3.05) is 46.5 Å². The SMILES string of the molecule is CN=C(NCCCOCC1CCCO1)NCCN1C(=O)C2C3C=CC(C3)C2C1=O.I. The molecule has 2 aliphatic carbocycles. The van der Waals surface area contributed by atoms with Gasteiger partial charge in [0.15, 0.2) is 5.96 Å². The fraction of sp³-hybridized carbons (Fsp3) is 0.762. The summed E-state index contributed by atoms with van der Waals surface area (Å²) in [5, 5.41) is 6.43. The number of ether oxygens (including phenoxy) is 2. The van der Waals surface area contributed by atoms with Gasteiger partial charge >= 0.3 is 0 Å². The lowest BCUT2D eigenvalue weighted by Gasteiger charge is -2.18. The van der Waals surface area contributed by atoms with Crippen LogP contribution in [0.15, 0.2) is 17.1 Å². The summed E-state index contributed by atoms with van der Waals surface area (Å²) >= 11 is 0. The Labute approximate surface area is 195 Å². The summed E-state index contributed by atoms with van der Waals surface area (Å²) in [5.41, 5.74) is 0. The highest BCUT2D eigenvalue weighted by atomic mass is 127. The number of guanidine groups is 1. The average Bonchev–Trinajstić information content (AvgIpc) is 3.50. The van der Waals surface area contributed by atoms with E-state index in [0.717, 1.165) is 38.8 Å². The molecule has 2 saturated heterocycles. The van der Waals surface area contributed by atoms with Crippen molar-refractivity contribution < 1.29 is 19.1 Å². The number of carbonyl (C=O) groups excluding carboxylic acids is 2. The third-order valence-electron chi connectivity index (χ3n) is 6.50. The maximum Gasteiger partial charge on any atom is 0.233 e. The lowest BCUT2D eigenvalue weighted by Crippen LogP contribution is -2.44. The molecule has 168 valence electrons. The van der Waals surface area contributed by atoms with Crippen molar-refractivity contribution in [1.29, 1.82) is 0 Å². The van der Waals surface area contributed by atoms with E-state index in [9.17, 15) is 9.59 Å². The second-order valence-electron chi connectivity index (χ2n) is 8.32. The molecule has 0 spiro atoms. The van der Waals surface area contributed by atoms with Gasteiger partial charge in [-0.15, -0.1) is 24.0 Å². The molecule has 8 nitrogen and oxygen atoms in total. The summed E-state index contributed by atoms with van der Waals surface area (Å²) in [4.78, 5) is 31.0. The quantitative estimate of drug-likeness (QED) is 0.116. The van der Waals surface area contributed by atoms with Gasteiger partial charge in [0.2, 0.25) is 11.8 Å². The number of nitrogens with zero attached hydrogens (tertiary/aromatic N) is 2. The number of halogens is 1. The summed E-state index contributed by atoms with van der Waals surface area (Å²) < 4.78 is 11.2. The van der Waals surface area contributed by atoms with E-state index in [1.54, 1.807) is 7.05 Å². The molecule has 0 aromatic heterocycles. The number of carbonyl (C=O) groups is 2. The van der Waals surface area contributed by atoms with E-state index in [0.29, 0.717) is 32.3 Å². The van der Waals surface area contributed by atoms with Gasteiger partial charge in [0.25, 0.3) is 0 Å². The van der Waals surface area contributed by atoms with Gasteiger partial charge in [-0.2, -0.15) is 0 Å². The van der Waals surface area contributed by atoms with E-state index < -0.39 is 0 Å². The lowest BCUT2D eigenvalue weighted by atomic mass is 9.85. The number of likely N-dealkylation sites (tertiary alicyclic amines) is 1. The number of aliphatic imine (C=N–C) groups is 1. The van der Waals surface area contributed by atoms with Gasteiger partial charge < -0.3 is 20.1 Å². The standard InChI is InChI=1S/C21H32N4O4.HI/c1-22-21(23-7-3-10-28-13-16-4-2-11-29-16)24-8-9-25-19(26)17-14-5-6-15(12-14)18(17)20(25)27;/h5-6,14-18H,2-4,7-13H2,1H3,(H2,22,23,24);1H. The third-order valence-corrected chi connectivity index (χ3v) is 6.50. The van der Waals surface area contributed by atoms with Crippen LogP contribution in [0.5, 0.6) is 0 Å². The summed E-state index contributed by atoms with van der Waals surface area (Å²) in [5.74, 6) is 0.960. The van der Waals surface area contributed by atoms with E-state index in [2.05, 4.69) is 27.8 Å². The molecule has 5 atom stereocenters. The molecule has 2 bridgehead atoms. The maximum atomic E-state index is 12.7. The van der Waals surface area contributed by atoms with Crippen molar-refractivity contribution in [1.82, 2.24) is 15.5 Å². The molecule has 0 aromatic rings. The number of fused-ring (bicyclic) bond motifs is 5. The molecule has 4 rings (SSSR count). The zero-order valence-corrected chi connectivity index (χ0v) is 19.9. The number of amides is 2. The van der Waals surface area contributed by atoms with Crippen LogP contribution in [0.3, 0.4) is 0 Å². The summed E-state index contributed by atoms with van der Waals surface area (Å²) in [6, 6.07) is 0. The minimum Gasteiger partial charge on any atom is -0.379 e. The van der Waals surface area contributed by atoms with Gasteiger partial charge in [-0.3, -0.25) is 19.5 Å². The maximum absolute atomic E-state index is 12.7. The number of imide groups is 1. The molecule has 30 heavy (non-hydrogen) atoms. The first-order valence-electron chi connectivity index (χ1n) is 10.9. The molecule has 9 heteroatoms. The highest BCUT2D eigenvalue weighted by Gasteiger charge is 2.58. The minimum absolute atomic E-state index is 0. The highest BCUT2D eigenvalue weighted by molar-refractivity contribution is 14.0. The molecule has 3 fully saturated rings. The smallest absolute Gasteiger partial charge is 0.233 e. The van der Waals surface area contributed by atoms with Crippen molar-refractivity contribution in [2.45, 2.75) is 31.8 Å². The first kappa shape index (κ1) is 23.5. The van der Waals surface area contributed by atoms with E-state index >= 15 is 0 Å². The molecule has 2 aliphatic heterocycles. The molecule has 1 saturated carbocycles. The zero-order chi connectivity index (χ0) is 20.2. The second-order valence-corrected chi connectivity index (χ2v) is 8.32. The number of hydrogen-bond acceptors (Lipinski definition) is 5. The van der Waals surface area contributed by atoms with Crippen LogP contribution >= 0.6 is 24.0 Å². The third kappa shape index (κ3) is 4.99. The second kappa shape index (κ2) is 10.9. The van der Waals surface area contributed by atoms with E-state index in [1.165, 1.54) is 4.90 Å². The van der Waals surface area contributed by atoms with Gasteiger partial charge in [-0.05, 0) is 37.5 Å². The predicted molar refractivity (Wildman–Crippen MR) is 124 cm³/mol. The van der Waals surface area contributed by atoms with Crippen LogP contribution in [0.25, 0.3) is 0 Å². The monoisotopic (exact) mass is 532 g/mol. The number of hydrogen-bond donors (Lipinski definition) is 2. The molecule has 0 aromatic carbocycles. The Morgan fingerprint density at radius 1 is 1.20 bits per heavy atom. The Bertz CT molecular complexity index is 650. The normalized spacial score (nSPS) is 32.0. The van der Waals surface area contributed by atoms with Crippen molar-refractivity contribution in [3.63, 3.8) is 0 Å². The van der Waals surface area contributed by atoms with Crippen LogP contribution in [0.2, 0.25) is 0 Å². The Hall–Kier alpha value is -1.20. The fourth-order valence-corrected chi connectivity index (χ4v) is 5.06. The summed E-state index contributed by atoms with van der Waals surface area (Å²) in [6.45, 7) is 3.82. The number of nitrogens with one attached hydrogen (secondary N) is 2. The topological polar surface area (TPSA) is 92.3 Å². The van der Waals surface area contributed by atoms with Crippen molar-refractivity contribution >= 4 is 41.8 Å². The van der Waals surface area contributed by atoms with E-state index in [4.69, 9.17) is 9.47 Å². The Balaban J connectivity index is 0.00000256. The first-order valence-corrected chi connectivity index (χ1v) is 10.9. The zero-order valence-electron chi connectivity index (χ0n) is 17.5. The average molecular weight is 532 g/mol. The van der Waals surface area contributed by atoms with Crippen LogP contribution in [0.1, 0.15) is 25.7 Å². The van der Waals surface area contributed by atoms with E-state index in [1.807, 2.05) is 0 Å². The van der Waals surface area contributed by atoms with Crippen LogP contribution in [0.4, 0.5) is 0 Å². The lowest BCUT2D eigenvalue weighted by molar-refractivity contribution is -0.140. The van der Waals surface area contributed by atoms with Gasteiger partial charge in [-0.25, -0.2) is 0 Å². The minimum atomic E-state index is -0.121. The predicted octanol–water partition coefficient (Wildman–Crippen LogP) is 1.16. The van der Waals surface area contributed by atoms with Gasteiger partial charge in [0, 0.05) is 39.9 Å². The van der Waals surface area contributed by atoms with Crippen molar-refractivity contribution in [2.24, 2.45) is 28.7 Å². The van der Waals surface area contributed by atoms with Gasteiger partial charge in [0.05, 0.1) is 24.5 Å². The van der Waals surface area contributed by atoms with Crippen molar-refractivity contribution in [3.8, 4) is 0 Å². The Morgan fingerprint density at radius 3 is 2.53 bits per heavy atom. The molecule has 4 aliphatic rings. The highest BCUT2D eigenvalue weighted by Crippen LogP contribution is 2.52. The fourth-order valence-electron chi connectivity index (χ4n) is 5.06. The molecule has 2 amide bonds. The summed E-state index contributed by atoms with van der Waals surface area (Å²) in [6.07, 6.45) is 8.56. The Morgan fingerprint density at radius 2 is 1.90 bits per heavy atom. The van der Waals surface area contributed by atoms with Gasteiger partial charge in [0.1, 0.15) is 0 Å². The molecule has 0 radical (unpaired) electrons. The van der Waals surface area contributed by atoms with Gasteiger partial charge in [-0.1, -0.05) is 12.2 Å². The van der Waals surface area contributed by atoms with E-state index in [-0.39, 0.29) is 65.6 Å². The van der Waals surface area contributed by atoms with Crippen molar-refractivity contribution in [3.05, 3.63) is 12.2 Å². The Kier molecular flexibility index (Phi) is 8.52. The van der Waals surface area contributed by atoms with Crippen LogP contribution in [-0.4, -0.2) is 75.3 Å². The molecule has 2 N–H and O–H groups in total. The molecular formula is C21H33IN4O4. The summed E-state index contributed by atoms with van der Waals surface area (Å²) in [7, 11) is 1.71. The first-order chi connectivity index (χ1) is 14.2. The molecule has 5 unspecified atom stereocenters. The molecular weight excluding hydrogens is 499 g/mol. The van der Waals surface area contributed by atoms with Crippen LogP contribution < -0.4 is 10.6 Å². The molecule has 2 heterocycles. The van der Waals surface area contributed by atoms with Crippen LogP contribution in [0, 0.1) is 23.7 Å². The number of rotatable bonds is 9.